The van der Waals surface area contributed by atoms with Gasteiger partial charge in [0.25, 0.3) is 5.91 Å². The van der Waals surface area contributed by atoms with Gasteiger partial charge in [0, 0.05) is 24.3 Å². The number of carbonyl (C=O) groups is 2. The first kappa shape index (κ1) is 15.4. The number of carbonyl (C=O) groups excluding carboxylic acids is 2. The van der Waals surface area contributed by atoms with Crippen LogP contribution in [0, 0.1) is 0 Å². The number of rotatable bonds is 6. The largest absolute Gasteiger partial charge is 0.385 e. The third-order valence-electron chi connectivity index (χ3n) is 3.74. The van der Waals surface area contributed by atoms with Crippen LogP contribution in [-0.2, 0) is 11.2 Å². The maximum absolute atomic E-state index is 12.7. The molecule has 1 aromatic carbocycles. The average Bonchev–Trinajstić information content (AvgIpc) is 2.50. The van der Waals surface area contributed by atoms with Crippen molar-refractivity contribution >= 4 is 17.5 Å². The lowest BCUT2D eigenvalue weighted by Crippen LogP contribution is -2.39. The van der Waals surface area contributed by atoms with Gasteiger partial charge in [-0.1, -0.05) is 19.4 Å². The van der Waals surface area contributed by atoms with Crippen molar-refractivity contribution in [2.75, 3.05) is 25.0 Å². The van der Waals surface area contributed by atoms with Crippen molar-refractivity contribution < 1.29 is 9.59 Å². The normalized spacial score (nSPS) is 13.2. The first-order chi connectivity index (χ1) is 10.1. The van der Waals surface area contributed by atoms with Crippen LogP contribution in [0.4, 0.5) is 5.69 Å². The lowest BCUT2D eigenvalue weighted by Gasteiger charge is -2.25. The Bertz CT molecular complexity index is 528. The number of anilines is 1. The molecule has 5 heteroatoms. The summed E-state index contributed by atoms with van der Waals surface area (Å²) in [5, 5.41) is 3.32. The summed E-state index contributed by atoms with van der Waals surface area (Å²) >= 11 is 0. The van der Waals surface area contributed by atoms with Gasteiger partial charge in [0.15, 0.2) is 0 Å². The van der Waals surface area contributed by atoms with Crippen LogP contribution in [0.1, 0.15) is 42.1 Å². The molecule has 2 rings (SSSR count). The number of benzene rings is 1. The Morgan fingerprint density at radius 1 is 1.38 bits per heavy atom. The highest BCUT2D eigenvalue weighted by Crippen LogP contribution is 2.26. The monoisotopic (exact) mass is 289 g/mol. The van der Waals surface area contributed by atoms with E-state index in [0.717, 1.165) is 43.5 Å². The summed E-state index contributed by atoms with van der Waals surface area (Å²) < 4.78 is 0. The molecule has 0 saturated heterocycles. The molecule has 0 unspecified atom stereocenters. The quantitative estimate of drug-likeness (QED) is 0.838. The summed E-state index contributed by atoms with van der Waals surface area (Å²) in [5.41, 5.74) is 8.05. The molecule has 1 aliphatic rings. The first-order valence-corrected chi connectivity index (χ1v) is 7.56. The van der Waals surface area contributed by atoms with Crippen LogP contribution in [0.15, 0.2) is 18.2 Å². The average molecular weight is 289 g/mol. The fourth-order valence-electron chi connectivity index (χ4n) is 2.67. The predicted octanol–water partition coefficient (Wildman–Crippen LogP) is 1.77. The molecule has 114 valence electrons. The molecular formula is C16H23N3O2. The van der Waals surface area contributed by atoms with Gasteiger partial charge in [0.05, 0.1) is 6.54 Å². The number of nitrogens with zero attached hydrogens (tertiary/aromatic N) is 1. The molecule has 0 bridgehead atoms. The van der Waals surface area contributed by atoms with Crippen LogP contribution in [0.3, 0.4) is 0 Å². The predicted molar refractivity (Wildman–Crippen MR) is 83.3 cm³/mol. The number of amides is 2. The van der Waals surface area contributed by atoms with E-state index in [0.29, 0.717) is 12.1 Å². The molecule has 1 heterocycles. The molecular weight excluding hydrogens is 266 g/mol. The van der Waals surface area contributed by atoms with E-state index in [1.54, 1.807) is 4.90 Å². The fraction of sp³-hybridized carbons (Fsp3) is 0.500. The minimum Gasteiger partial charge on any atom is -0.385 e. The number of unbranched alkanes of at least 4 members (excludes halogenated alkanes) is 1. The molecule has 0 saturated carbocycles. The fourth-order valence-corrected chi connectivity index (χ4v) is 2.67. The summed E-state index contributed by atoms with van der Waals surface area (Å²) in [5.74, 6) is -0.565. The van der Waals surface area contributed by atoms with E-state index in [1.165, 1.54) is 0 Å². The summed E-state index contributed by atoms with van der Waals surface area (Å²) in [6, 6.07) is 5.72. The Balaban J connectivity index is 2.25. The molecule has 0 fully saturated rings. The Morgan fingerprint density at radius 3 is 2.90 bits per heavy atom. The maximum Gasteiger partial charge on any atom is 0.254 e. The lowest BCUT2D eigenvalue weighted by atomic mass is 9.96. The minimum absolute atomic E-state index is 0.0179. The van der Waals surface area contributed by atoms with Crippen LogP contribution in [0.2, 0.25) is 0 Å². The van der Waals surface area contributed by atoms with E-state index in [2.05, 4.69) is 12.2 Å². The zero-order chi connectivity index (χ0) is 15.2. The third-order valence-corrected chi connectivity index (χ3v) is 3.74. The highest BCUT2D eigenvalue weighted by Gasteiger charge is 2.22. The minimum atomic E-state index is -0.470. The Kier molecular flexibility index (Phi) is 5.20. The molecule has 5 nitrogen and oxygen atoms in total. The first-order valence-electron chi connectivity index (χ1n) is 7.56. The molecule has 0 spiro atoms. The maximum atomic E-state index is 12.7. The number of hydrogen-bond donors (Lipinski definition) is 2. The Hall–Kier alpha value is -2.04. The van der Waals surface area contributed by atoms with E-state index in [-0.39, 0.29) is 12.5 Å². The van der Waals surface area contributed by atoms with Crippen molar-refractivity contribution in [2.45, 2.75) is 32.6 Å². The second-order valence-corrected chi connectivity index (χ2v) is 5.41. The van der Waals surface area contributed by atoms with Gasteiger partial charge in [0.2, 0.25) is 5.91 Å². The van der Waals surface area contributed by atoms with Gasteiger partial charge in [-0.3, -0.25) is 9.59 Å². The second-order valence-electron chi connectivity index (χ2n) is 5.41. The molecule has 0 aliphatic carbocycles. The topological polar surface area (TPSA) is 75.4 Å². The summed E-state index contributed by atoms with van der Waals surface area (Å²) in [6.45, 7) is 3.54. The highest BCUT2D eigenvalue weighted by atomic mass is 16.2. The molecule has 0 radical (unpaired) electrons. The van der Waals surface area contributed by atoms with Gasteiger partial charge in [-0.05, 0) is 37.0 Å². The summed E-state index contributed by atoms with van der Waals surface area (Å²) in [4.78, 5) is 25.5. The van der Waals surface area contributed by atoms with E-state index in [9.17, 15) is 9.59 Å². The summed E-state index contributed by atoms with van der Waals surface area (Å²) in [6.07, 6.45) is 3.74. The second kappa shape index (κ2) is 7.11. The van der Waals surface area contributed by atoms with E-state index in [1.807, 2.05) is 18.2 Å². The zero-order valence-corrected chi connectivity index (χ0v) is 12.5. The van der Waals surface area contributed by atoms with Gasteiger partial charge < -0.3 is 16.0 Å². The third kappa shape index (κ3) is 3.74. The van der Waals surface area contributed by atoms with Gasteiger partial charge in [0.1, 0.15) is 0 Å². The number of fused-ring (bicyclic) bond motifs is 1. The number of nitrogens with two attached hydrogens (primary N) is 1. The molecule has 21 heavy (non-hydrogen) atoms. The van der Waals surface area contributed by atoms with Gasteiger partial charge in [-0.2, -0.15) is 0 Å². The molecule has 3 N–H and O–H groups in total. The Labute approximate surface area is 125 Å². The van der Waals surface area contributed by atoms with Gasteiger partial charge >= 0.3 is 0 Å². The number of hydrogen-bond acceptors (Lipinski definition) is 3. The Morgan fingerprint density at radius 2 is 2.19 bits per heavy atom. The molecule has 1 aromatic rings. The van der Waals surface area contributed by atoms with Crippen molar-refractivity contribution in [3.8, 4) is 0 Å². The zero-order valence-electron chi connectivity index (χ0n) is 12.5. The smallest absolute Gasteiger partial charge is 0.254 e. The van der Waals surface area contributed by atoms with E-state index in [4.69, 9.17) is 5.73 Å². The van der Waals surface area contributed by atoms with Gasteiger partial charge in [-0.25, -0.2) is 0 Å². The number of nitrogens with one attached hydrogen (secondary N) is 1. The van der Waals surface area contributed by atoms with Crippen molar-refractivity contribution in [2.24, 2.45) is 5.73 Å². The molecule has 2 amide bonds. The van der Waals surface area contributed by atoms with E-state index < -0.39 is 5.91 Å². The molecule has 0 atom stereocenters. The van der Waals surface area contributed by atoms with Crippen molar-refractivity contribution in [3.63, 3.8) is 0 Å². The van der Waals surface area contributed by atoms with E-state index >= 15 is 0 Å². The molecule has 0 aromatic heterocycles. The molecule has 1 aliphatic heterocycles. The van der Waals surface area contributed by atoms with Crippen LogP contribution >= 0.6 is 0 Å². The SMILES string of the molecule is CCCCN(CC(N)=O)C(=O)c1cccc2c1CCCN2. The van der Waals surface area contributed by atoms with Crippen molar-refractivity contribution in [1.82, 2.24) is 4.90 Å². The van der Waals surface area contributed by atoms with Crippen LogP contribution in [0.5, 0.6) is 0 Å². The lowest BCUT2D eigenvalue weighted by molar-refractivity contribution is -0.118. The number of primary amides is 1. The standard InChI is InChI=1S/C16H23N3O2/c1-2-3-10-19(11-15(17)20)16(21)13-6-4-8-14-12(13)7-5-9-18-14/h4,6,8,18H,2-3,5,7,9-11H2,1H3,(H2,17,20). The van der Waals surface area contributed by atoms with Crippen LogP contribution < -0.4 is 11.1 Å². The van der Waals surface area contributed by atoms with Crippen LogP contribution in [-0.4, -0.2) is 36.3 Å². The van der Waals surface area contributed by atoms with Crippen LogP contribution in [0.25, 0.3) is 0 Å². The van der Waals surface area contributed by atoms with Crippen molar-refractivity contribution in [3.05, 3.63) is 29.3 Å². The van der Waals surface area contributed by atoms with Crippen molar-refractivity contribution in [1.29, 1.82) is 0 Å². The highest BCUT2D eigenvalue weighted by molar-refractivity contribution is 5.99. The van der Waals surface area contributed by atoms with Gasteiger partial charge in [-0.15, -0.1) is 0 Å². The summed E-state index contributed by atoms with van der Waals surface area (Å²) in [7, 11) is 0.